The number of nitrogen functional groups attached to an aromatic ring is 1. The zero-order chi connectivity index (χ0) is 23.0. The van der Waals surface area contributed by atoms with Gasteiger partial charge < -0.3 is 55.8 Å². The number of amides is 2. The van der Waals surface area contributed by atoms with Crippen molar-refractivity contribution in [2.75, 3.05) is 45.3 Å². The molecule has 1 aromatic heterocycles. The van der Waals surface area contributed by atoms with Gasteiger partial charge in [-0.3, -0.25) is 14.5 Å². The molecule has 196 valence electrons. The maximum Gasteiger partial charge on any atom is 0.352 e. The second-order valence-corrected chi connectivity index (χ2v) is 10.2. The Bertz CT molecular complexity index is 1030. The number of hydrogen-bond donors (Lipinski definition) is 3. The molecular weight excluding hydrogens is 543 g/mol. The first-order chi connectivity index (χ1) is 15.2. The van der Waals surface area contributed by atoms with E-state index in [9.17, 15) is 19.5 Å². The molecule has 0 aliphatic carbocycles. The summed E-state index contributed by atoms with van der Waals surface area (Å²) in [6.45, 7) is 2.61. The van der Waals surface area contributed by atoms with Crippen molar-refractivity contribution >= 4 is 51.7 Å². The molecule has 4 heterocycles. The van der Waals surface area contributed by atoms with Gasteiger partial charge in [-0.2, -0.15) is 0 Å². The topological polar surface area (TPSA) is 179 Å². The number of oxime groups is 1. The van der Waals surface area contributed by atoms with E-state index in [1.807, 2.05) is 0 Å². The number of carboxylic acids is 1. The summed E-state index contributed by atoms with van der Waals surface area (Å²) in [5.41, 5.74) is 6.59. The maximum absolute atomic E-state index is 12.9. The fraction of sp³-hybridized carbons (Fsp3) is 0.526. The van der Waals surface area contributed by atoms with Gasteiger partial charge in [0.25, 0.3) is 11.8 Å². The molecule has 0 spiro atoms. The highest BCUT2D eigenvalue weighted by molar-refractivity contribution is 8.00. The molecule has 0 saturated carbocycles. The number of nitrogens with two attached hydrogens (primary N) is 1. The van der Waals surface area contributed by atoms with Gasteiger partial charge in [-0.25, -0.2) is 9.78 Å². The van der Waals surface area contributed by atoms with Crippen molar-refractivity contribution in [1.82, 2.24) is 15.2 Å². The number of likely N-dealkylation sites (tertiary alicyclic amines) is 1. The quantitative estimate of drug-likeness (QED) is 0.125. The molecule has 0 unspecified atom stereocenters. The number of thioether (sulfide) groups is 1. The van der Waals surface area contributed by atoms with E-state index in [4.69, 9.17) is 10.6 Å². The minimum atomic E-state index is -1.12. The smallest absolute Gasteiger partial charge is 0.352 e. The number of rotatable bonds is 7. The zero-order valence-electron chi connectivity index (χ0n) is 19.0. The van der Waals surface area contributed by atoms with Gasteiger partial charge in [0.1, 0.15) is 36.5 Å². The Labute approximate surface area is 222 Å². The van der Waals surface area contributed by atoms with Crippen molar-refractivity contribution in [2.45, 2.75) is 24.3 Å². The second kappa shape index (κ2) is 12.2. The van der Waals surface area contributed by atoms with Crippen molar-refractivity contribution in [2.24, 2.45) is 5.16 Å². The number of fused-ring (bicyclic) bond motifs is 1. The Morgan fingerprint density at radius 2 is 2.03 bits per heavy atom. The van der Waals surface area contributed by atoms with Crippen LogP contribution in [0.3, 0.4) is 0 Å². The van der Waals surface area contributed by atoms with E-state index in [1.165, 1.54) is 23.8 Å². The number of carbonyl (C=O) groups excluding carboxylic acids is 2. The van der Waals surface area contributed by atoms with Crippen molar-refractivity contribution in [3.63, 3.8) is 0 Å². The molecule has 0 bridgehead atoms. The Morgan fingerprint density at radius 3 is 2.57 bits per heavy atom. The molecule has 4 rings (SSSR count). The molecule has 3 aliphatic heterocycles. The summed E-state index contributed by atoms with van der Waals surface area (Å²) in [6, 6.07) is -0.863. The third kappa shape index (κ3) is 6.01. The first-order valence-electron chi connectivity index (χ1n) is 10.1. The van der Waals surface area contributed by atoms with E-state index in [0.29, 0.717) is 12.3 Å². The first kappa shape index (κ1) is 30.9. The van der Waals surface area contributed by atoms with Gasteiger partial charge >= 0.3 is 5.97 Å². The van der Waals surface area contributed by atoms with Crippen LogP contribution in [-0.4, -0.2) is 99.4 Å². The monoisotopic (exact) mass is 569 g/mol. The highest BCUT2D eigenvalue weighted by Crippen LogP contribution is 2.41. The number of quaternary nitrogens is 1. The minimum absolute atomic E-state index is 0. The van der Waals surface area contributed by atoms with E-state index in [1.54, 1.807) is 5.38 Å². The molecular formula is C19H27Cl2N6O6S2-. The van der Waals surface area contributed by atoms with Crippen molar-refractivity contribution in [3.05, 3.63) is 22.3 Å². The van der Waals surface area contributed by atoms with Crippen LogP contribution in [0.15, 0.2) is 21.8 Å². The number of thiazole rings is 1. The number of aliphatic carboxylic acids is 1. The van der Waals surface area contributed by atoms with Crippen molar-refractivity contribution in [3.8, 4) is 0 Å². The summed E-state index contributed by atoms with van der Waals surface area (Å²) in [6.07, 6.45) is 2.24. The van der Waals surface area contributed by atoms with Crippen LogP contribution in [0.25, 0.3) is 0 Å². The Hall–Kier alpha value is -2.10. The number of carbonyl (C=O) groups is 3. The second-order valence-electron chi connectivity index (χ2n) is 8.24. The predicted molar refractivity (Wildman–Crippen MR) is 123 cm³/mol. The lowest BCUT2D eigenvalue weighted by Crippen LogP contribution is -3.00. The Kier molecular flexibility index (Phi) is 10.8. The lowest BCUT2D eigenvalue weighted by Gasteiger charge is -2.49. The van der Waals surface area contributed by atoms with Crippen LogP contribution in [0.1, 0.15) is 18.5 Å². The molecule has 0 aromatic carbocycles. The summed E-state index contributed by atoms with van der Waals surface area (Å²) >= 11 is 2.61. The van der Waals surface area contributed by atoms with Gasteiger partial charge in [0.2, 0.25) is 0 Å². The van der Waals surface area contributed by atoms with Crippen LogP contribution < -0.4 is 35.9 Å². The van der Waals surface area contributed by atoms with Crippen LogP contribution in [-0.2, 0) is 19.2 Å². The summed E-state index contributed by atoms with van der Waals surface area (Å²) in [4.78, 5) is 47.9. The Balaban J connectivity index is 0.00000204. The molecule has 35 heavy (non-hydrogen) atoms. The number of carboxylic acid groups (broad SMARTS) is 1. The normalized spacial score (nSPS) is 22.6. The van der Waals surface area contributed by atoms with Gasteiger partial charge in [-0.15, -0.1) is 23.1 Å². The average molecular weight is 571 g/mol. The minimum Gasteiger partial charge on any atom is -1.00 e. The fourth-order valence-electron chi connectivity index (χ4n) is 4.42. The van der Waals surface area contributed by atoms with Crippen LogP contribution in [0.4, 0.5) is 5.13 Å². The largest absolute Gasteiger partial charge is 1.00 e. The summed E-state index contributed by atoms with van der Waals surface area (Å²) in [7, 11) is 3.42. The molecule has 2 saturated heterocycles. The molecule has 2 amide bonds. The number of aromatic nitrogens is 1. The third-order valence-corrected chi connectivity index (χ3v) is 7.93. The number of β-lactam (4-membered cyclic amide) rings is 1. The number of likely N-dealkylation sites (N-methyl/N-ethyl adjacent to an activating group) is 1. The Morgan fingerprint density at radius 1 is 1.37 bits per heavy atom. The van der Waals surface area contributed by atoms with Crippen LogP contribution in [0.5, 0.6) is 0 Å². The molecule has 6 N–H and O–H groups in total. The van der Waals surface area contributed by atoms with Crippen LogP contribution in [0.2, 0.25) is 0 Å². The summed E-state index contributed by atoms with van der Waals surface area (Å²) < 4.78 is 0.785. The molecule has 16 heteroatoms. The number of hydrogen-bond acceptors (Lipinski definition) is 9. The molecule has 2 fully saturated rings. The highest BCUT2D eigenvalue weighted by Gasteiger charge is 2.55. The first-order valence-corrected chi connectivity index (χ1v) is 12.0. The number of halogens is 2. The SMILES string of the molecule is CON=C(C(=O)N[C@@H]1C(=O)N2C(C(=O)O)=C(C[N+]3(C)CCCC3)CS[C@H]12)c1csc(N)n1.O.[Cl-].[Cl-]. The average Bonchev–Trinajstić information content (AvgIpc) is 3.37. The van der Waals surface area contributed by atoms with Gasteiger partial charge in [0, 0.05) is 29.5 Å². The molecule has 3 aliphatic rings. The lowest BCUT2D eigenvalue weighted by molar-refractivity contribution is -0.893. The maximum atomic E-state index is 12.9. The van der Waals surface area contributed by atoms with E-state index in [2.05, 4.69) is 22.5 Å². The van der Waals surface area contributed by atoms with E-state index < -0.39 is 29.2 Å². The van der Waals surface area contributed by atoms with Crippen molar-refractivity contribution < 1.29 is 59.1 Å². The highest BCUT2D eigenvalue weighted by atomic mass is 35.5. The van der Waals surface area contributed by atoms with Crippen molar-refractivity contribution in [1.29, 1.82) is 0 Å². The third-order valence-electron chi connectivity index (χ3n) is 5.92. The molecule has 1 aromatic rings. The predicted octanol–water partition coefficient (Wildman–Crippen LogP) is -6.76. The summed E-state index contributed by atoms with van der Waals surface area (Å²) in [5, 5.41) is 17.6. The fourth-order valence-corrected chi connectivity index (χ4v) is 6.31. The molecule has 2 atom stereocenters. The number of nitrogens with one attached hydrogen (secondary N) is 1. The molecule has 12 nitrogen and oxygen atoms in total. The van der Waals surface area contributed by atoms with Gasteiger partial charge in [0.05, 0.1) is 20.1 Å². The number of anilines is 1. The molecule has 0 radical (unpaired) electrons. The van der Waals surface area contributed by atoms with Gasteiger partial charge in [0.15, 0.2) is 10.8 Å². The standard InChI is InChI=1S/C19H24N6O5S2.2ClH.H2O/c1-25(5-3-4-6-25)7-10-8-31-17-13(16(27)24(17)14(10)18(28)29)22-15(26)12(23-30-2)11-9-32-19(20)21-11;;;/h9,13,17H,3-8H2,1-2H3,(H3-,20,21,22,26,28,29);2*1H;1H2/p-1/t13-,17-;;;/m1.../s1. The van der Waals surface area contributed by atoms with E-state index in [-0.39, 0.29) is 52.5 Å². The van der Waals surface area contributed by atoms with E-state index >= 15 is 0 Å². The summed E-state index contributed by atoms with van der Waals surface area (Å²) in [5.74, 6) is -1.71. The van der Waals surface area contributed by atoms with Gasteiger partial charge in [-0.05, 0) is 0 Å². The number of nitrogens with zero attached hydrogens (tertiary/aromatic N) is 4. The van der Waals surface area contributed by atoms with Gasteiger partial charge in [-0.1, -0.05) is 5.16 Å². The lowest BCUT2D eigenvalue weighted by atomic mass is 10.0. The van der Waals surface area contributed by atoms with E-state index in [0.717, 1.165) is 47.3 Å². The van der Waals surface area contributed by atoms with Crippen LogP contribution >= 0.6 is 23.1 Å². The van der Waals surface area contributed by atoms with Crippen LogP contribution in [0, 0.1) is 0 Å². The zero-order valence-corrected chi connectivity index (χ0v) is 22.1.